The molecule has 1 aliphatic carbocycles. The van der Waals surface area contributed by atoms with Crippen LogP contribution in [0.1, 0.15) is 43.5 Å². The fraction of sp³-hybridized carbons (Fsp3) is 0.312. The monoisotopic (exact) mass is 242 g/mol. The molecule has 2 heteroatoms. The van der Waals surface area contributed by atoms with E-state index in [1.807, 2.05) is 12.1 Å². The SMILES string of the molecule is CC(C)(C)C1=CC=C(c2ccc(C=O)o2)C=CC1. The quantitative estimate of drug-likeness (QED) is 0.719. The van der Waals surface area contributed by atoms with Crippen LogP contribution in [-0.4, -0.2) is 6.29 Å². The van der Waals surface area contributed by atoms with Crippen LogP contribution in [0.3, 0.4) is 0 Å². The van der Waals surface area contributed by atoms with Gasteiger partial charge in [0.05, 0.1) is 0 Å². The lowest BCUT2D eigenvalue weighted by atomic mass is 9.84. The standard InChI is InChI=1S/C16H18O2/c1-16(2,3)13-6-4-5-12(7-8-13)15-10-9-14(11-17)18-15/h4-5,7-11H,6H2,1-3H3. The topological polar surface area (TPSA) is 30.2 Å². The Kier molecular flexibility index (Phi) is 3.37. The van der Waals surface area contributed by atoms with Crippen molar-refractivity contribution in [2.45, 2.75) is 27.2 Å². The minimum Gasteiger partial charge on any atom is -0.453 e. The molecule has 0 fully saturated rings. The van der Waals surface area contributed by atoms with Crippen molar-refractivity contribution in [1.82, 2.24) is 0 Å². The van der Waals surface area contributed by atoms with Crippen molar-refractivity contribution in [2.24, 2.45) is 5.41 Å². The Morgan fingerprint density at radius 3 is 2.61 bits per heavy atom. The van der Waals surface area contributed by atoms with E-state index in [2.05, 4.69) is 39.0 Å². The molecule has 0 unspecified atom stereocenters. The molecule has 0 radical (unpaired) electrons. The van der Waals surface area contributed by atoms with E-state index in [1.54, 1.807) is 6.07 Å². The lowest BCUT2D eigenvalue weighted by Crippen LogP contribution is -2.08. The van der Waals surface area contributed by atoms with Gasteiger partial charge in [-0.1, -0.05) is 50.6 Å². The highest BCUT2D eigenvalue weighted by atomic mass is 16.3. The van der Waals surface area contributed by atoms with E-state index in [9.17, 15) is 4.79 Å². The van der Waals surface area contributed by atoms with Crippen LogP contribution in [0, 0.1) is 5.41 Å². The van der Waals surface area contributed by atoms with Gasteiger partial charge in [-0.2, -0.15) is 0 Å². The number of allylic oxidation sites excluding steroid dienone is 6. The molecule has 1 aromatic heterocycles. The molecule has 18 heavy (non-hydrogen) atoms. The Hall–Kier alpha value is -1.83. The van der Waals surface area contributed by atoms with E-state index in [0.717, 1.165) is 24.0 Å². The first-order valence-corrected chi connectivity index (χ1v) is 6.14. The van der Waals surface area contributed by atoms with Crippen LogP contribution in [0.25, 0.3) is 5.57 Å². The van der Waals surface area contributed by atoms with Gasteiger partial charge in [0.2, 0.25) is 0 Å². The van der Waals surface area contributed by atoms with Gasteiger partial charge in [-0.3, -0.25) is 4.79 Å². The highest BCUT2D eigenvalue weighted by Crippen LogP contribution is 2.31. The van der Waals surface area contributed by atoms with E-state index >= 15 is 0 Å². The van der Waals surface area contributed by atoms with Gasteiger partial charge in [0.25, 0.3) is 0 Å². The maximum absolute atomic E-state index is 10.6. The zero-order valence-electron chi connectivity index (χ0n) is 11.1. The van der Waals surface area contributed by atoms with Crippen LogP contribution in [0.5, 0.6) is 0 Å². The normalized spacial score (nSPS) is 15.9. The molecule has 0 saturated heterocycles. The second-order valence-electron chi connectivity index (χ2n) is 5.49. The summed E-state index contributed by atoms with van der Waals surface area (Å²) in [7, 11) is 0. The minimum absolute atomic E-state index is 0.174. The summed E-state index contributed by atoms with van der Waals surface area (Å²) in [5, 5.41) is 0. The van der Waals surface area contributed by atoms with Crippen molar-refractivity contribution in [3.05, 3.63) is 53.5 Å². The van der Waals surface area contributed by atoms with Crippen molar-refractivity contribution in [1.29, 1.82) is 0 Å². The van der Waals surface area contributed by atoms with E-state index in [0.29, 0.717) is 5.76 Å². The van der Waals surface area contributed by atoms with Crippen molar-refractivity contribution in [3.8, 4) is 0 Å². The van der Waals surface area contributed by atoms with Gasteiger partial charge >= 0.3 is 0 Å². The molecule has 94 valence electrons. The molecule has 1 aliphatic rings. The average molecular weight is 242 g/mol. The Morgan fingerprint density at radius 2 is 2.00 bits per heavy atom. The van der Waals surface area contributed by atoms with E-state index in [1.165, 1.54) is 5.57 Å². The van der Waals surface area contributed by atoms with Crippen LogP contribution in [0.15, 0.2) is 46.4 Å². The second-order valence-corrected chi connectivity index (χ2v) is 5.49. The van der Waals surface area contributed by atoms with Crippen molar-refractivity contribution in [2.75, 3.05) is 0 Å². The van der Waals surface area contributed by atoms with Gasteiger partial charge in [-0.25, -0.2) is 0 Å². The van der Waals surface area contributed by atoms with Crippen LogP contribution < -0.4 is 0 Å². The third kappa shape index (κ3) is 2.70. The van der Waals surface area contributed by atoms with Crippen LogP contribution >= 0.6 is 0 Å². The Labute approximate surface area is 108 Å². The predicted octanol–water partition coefficient (Wildman–Crippen LogP) is 4.41. The molecule has 2 nitrogen and oxygen atoms in total. The predicted molar refractivity (Wildman–Crippen MR) is 73.4 cm³/mol. The molecule has 0 saturated carbocycles. The molecule has 0 amide bonds. The molecule has 0 atom stereocenters. The molecule has 0 N–H and O–H groups in total. The number of rotatable bonds is 2. The van der Waals surface area contributed by atoms with Crippen LogP contribution in [-0.2, 0) is 0 Å². The third-order valence-electron chi connectivity index (χ3n) is 3.09. The largest absolute Gasteiger partial charge is 0.453 e. The van der Waals surface area contributed by atoms with Gasteiger partial charge in [0.1, 0.15) is 5.76 Å². The second kappa shape index (κ2) is 4.81. The highest BCUT2D eigenvalue weighted by molar-refractivity contribution is 5.76. The molecule has 1 aromatic rings. The lowest BCUT2D eigenvalue weighted by Gasteiger charge is -2.21. The van der Waals surface area contributed by atoms with Gasteiger partial charge < -0.3 is 4.42 Å². The van der Waals surface area contributed by atoms with Crippen molar-refractivity contribution in [3.63, 3.8) is 0 Å². The maximum atomic E-state index is 10.6. The lowest BCUT2D eigenvalue weighted by molar-refractivity contribution is 0.110. The molecule has 0 aromatic carbocycles. The summed E-state index contributed by atoms with van der Waals surface area (Å²) in [5.41, 5.74) is 2.56. The van der Waals surface area contributed by atoms with Crippen LogP contribution in [0.2, 0.25) is 0 Å². The number of furan rings is 1. The summed E-state index contributed by atoms with van der Waals surface area (Å²) < 4.78 is 5.43. The van der Waals surface area contributed by atoms with Gasteiger partial charge in [-0.05, 0) is 24.0 Å². The Morgan fingerprint density at radius 1 is 1.22 bits per heavy atom. The zero-order chi connectivity index (χ0) is 13.2. The zero-order valence-corrected chi connectivity index (χ0v) is 11.1. The summed E-state index contributed by atoms with van der Waals surface area (Å²) in [4.78, 5) is 10.6. The van der Waals surface area contributed by atoms with E-state index in [-0.39, 0.29) is 5.41 Å². The van der Waals surface area contributed by atoms with Gasteiger partial charge in [-0.15, -0.1) is 0 Å². The summed E-state index contributed by atoms with van der Waals surface area (Å²) in [6.07, 6.45) is 10.1. The smallest absolute Gasteiger partial charge is 0.185 e. The molecule has 0 aliphatic heterocycles. The summed E-state index contributed by atoms with van der Waals surface area (Å²) >= 11 is 0. The maximum Gasteiger partial charge on any atom is 0.185 e. The molecular weight excluding hydrogens is 224 g/mol. The molecular formula is C16H18O2. The number of hydrogen-bond acceptors (Lipinski definition) is 2. The van der Waals surface area contributed by atoms with E-state index in [4.69, 9.17) is 4.42 Å². The summed E-state index contributed by atoms with van der Waals surface area (Å²) in [5.74, 6) is 1.10. The molecule has 0 bridgehead atoms. The minimum atomic E-state index is 0.174. The Balaban J connectivity index is 2.32. The number of hydrogen-bond donors (Lipinski definition) is 0. The third-order valence-corrected chi connectivity index (χ3v) is 3.09. The summed E-state index contributed by atoms with van der Waals surface area (Å²) in [6.45, 7) is 6.63. The van der Waals surface area contributed by atoms with Gasteiger partial charge in [0.15, 0.2) is 12.0 Å². The summed E-state index contributed by atoms with van der Waals surface area (Å²) in [6, 6.07) is 3.52. The fourth-order valence-corrected chi connectivity index (χ4v) is 1.92. The highest BCUT2D eigenvalue weighted by Gasteiger charge is 2.16. The van der Waals surface area contributed by atoms with Gasteiger partial charge in [0, 0.05) is 5.57 Å². The first-order valence-electron chi connectivity index (χ1n) is 6.14. The Bertz CT molecular complexity index is 534. The van der Waals surface area contributed by atoms with Crippen molar-refractivity contribution >= 4 is 11.9 Å². The number of aldehydes is 1. The number of carbonyl (C=O) groups is 1. The van der Waals surface area contributed by atoms with Crippen LogP contribution in [0.4, 0.5) is 0 Å². The number of carbonyl (C=O) groups excluding carboxylic acids is 1. The average Bonchev–Trinajstić information content (AvgIpc) is 2.64. The molecule has 0 spiro atoms. The fourth-order valence-electron chi connectivity index (χ4n) is 1.92. The van der Waals surface area contributed by atoms with E-state index < -0.39 is 0 Å². The molecule has 2 rings (SSSR count). The first-order chi connectivity index (χ1) is 8.50. The first kappa shape index (κ1) is 12.6. The van der Waals surface area contributed by atoms with Crippen molar-refractivity contribution < 1.29 is 9.21 Å². The molecule has 1 heterocycles.